The third kappa shape index (κ3) is 44.1. The molecule has 8 nitrogen and oxygen atoms in total. The van der Waals surface area contributed by atoms with Crippen LogP contribution in [0.1, 0.15) is 213 Å². The van der Waals surface area contributed by atoms with Gasteiger partial charge < -0.3 is 27.9 Å². The molecular formula is C47H92NO7P. The molecule has 0 heterocycles. The van der Waals surface area contributed by atoms with E-state index in [-0.39, 0.29) is 25.8 Å². The van der Waals surface area contributed by atoms with Crippen LogP contribution in [-0.4, -0.2) is 70.7 Å². The lowest BCUT2D eigenvalue weighted by molar-refractivity contribution is -0.870. The number of likely N-dealkylation sites (N-methyl/N-ethyl adjacent to an activating group) is 1. The van der Waals surface area contributed by atoms with Gasteiger partial charge in [-0.3, -0.25) is 9.36 Å². The van der Waals surface area contributed by atoms with Crippen molar-refractivity contribution in [2.45, 2.75) is 219 Å². The number of carbonyl (C=O) groups is 1. The second-order valence-electron chi connectivity index (χ2n) is 17.1. The molecule has 0 aromatic heterocycles. The van der Waals surface area contributed by atoms with E-state index in [9.17, 15) is 14.3 Å². The molecule has 0 saturated heterocycles. The standard InChI is InChI=1S/C47H92NO7P/c1-6-8-10-12-14-16-17-18-19-20-21-22-23-24-25-26-27-28-29-30-31-32-34-36-38-40-47(49)55-46(45-54-56(50,51)53-43-41-48(3,4)5)44-52-42-39-37-35-33-15-13-11-9-7-2/h17-18,20-21,46H,6-16,19,22-45H2,1-5H3/b18-17-,21-20-. The van der Waals surface area contributed by atoms with Crippen LogP contribution in [0.2, 0.25) is 0 Å². The minimum absolute atomic E-state index is 0.0282. The largest absolute Gasteiger partial charge is 0.756 e. The van der Waals surface area contributed by atoms with Gasteiger partial charge in [0.05, 0.1) is 34.4 Å². The lowest BCUT2D eigenvalue weighted by atomic mass is 10.0. The van der Waals surface area contributed by atoms with Crippen LogP contribution in [0.25, 0.3) is 0 Å². The van der Waals surface area contributed by atoms with Crippen LogP contribution in [0.15, 0.2) is 24.3 Å². The molecule has 0 amide bonds. The van der Waals surface area contributed by atoms with Crippen molar-refractivity contribution in [1.82, 2.24) is 0 Å². The Bertz CT molecular complexity index is 951. The monoisotopic (exact) mass is 814 g/mol. The molecule has 0 rings (SSSR count). The lowest BCUT2D eigenvalue weighted by Crippen LogP contribution is -2.37. The summed E-state index contributed by atoms with van der Waals surface area (Å²) in [6.45, 7) is 5.41. The predicted octanol–water partition coefficient (Wildman–Crippen LogP) is 13.4. The normalized spacial score (nSPS) is 13.9. The zero-order valence-corrected chi connectivity index (χ0v) is 38.5. The van der Waals surface area contributed by atoms with Gasteiger partial charge >= 0.3 is 5.97 Å². The molecule has 0 aliphatic heterocycles. The summed E-state index contributed by atoms with van der Waals surface area (Å²) in [5, 5.41) is 0. The quantitative estimate of drug-likeness (QED) is 0.0199. The molecule has 0 aromatic rings. The van der Waals surface area contributed by atoms with Gasteiger partial charge in [-0.2, -0.15) is 0 Å². The summed E-state index contributed by atoms with van der Waals surface area (Å²) >= 11 is 0. The van der Waals surface area contributed by atoms with Crippen LogP contribution >= 0.6 is 7.82 Å². The van der Waals surface area contributed by atoms with Crippen LogP contribution in [0.5, 0.6) is 0 Å². The van der Waals surface area contributed by atoms with Crippen molar-refractivity contribution in [3.63, 3.8) is 0 Å². The highest BCUT2D eigenvalue weighted by molar-refractivity contribution is 7.45. The summed E-state index contributed by atoms with van der Waals surface area (Å²) in [5.74, 6) is -0.333. The Morgan fingerprint density at radius 1 is 0.554 bits per heavy atom. The first-order valence-electron chi connectivity index (χ1n) is 23.6. The van der Waals surface area contributed by atoms with E-state index in [0.29, 0.717) is 24.1 Å². The number of ether oxygens (including phenoxy) is 2. The molecule has 0 bridgehead atoms. The Kier molecular flexibility index (Phi) is 40.0. The van der Waals surface area contributed by atoms with E-state index in [1.165, 1.54) is 154 Å². The van der Waals surface area contributed by atoms with E-state index in [4.69, 9.17) is 18.5 Å². The first kappa shape index (κ1) is 55.0. The molecule has 0 aliphatic carbocycles. The van der Waals surface area contributed by atoms with Gasteiger partial charge in [0.15, 0.2) is 0 Å². The average molecular weight is 814 g/mol. The van der Waals surface area contributed by atoms with E-state index in [1.807, 2.05) is 21.1 Å². The van der Waals surface area contributed by atoms with Crippen molar-refractivity contribution >= 4 is 13.8 Å². The third-order valence-electron chi connectivity index (χ3n) is 10.3. The molecule has 0 saturated carbocycles. The zero-order chi connectivity index (χ0) is 41.3. The first-order valence-corrected chi connectivity index (χ1v) is 25.0. The summed E-state index contributed by atoms with van der Waals surface area (Å²) in [6, 6.07) is 0. The maximum Gasteiger partial charge on any atom is 0.306 e. The van der Waals surface area contributed by atoms with Gasteiger partial charge in [0.2, 0.25) is 0 Å². The van der Waals surface area contributed by atoms with Crippen molar-refractivity contribution in [3.8, 4) is 0 Å². The van der Waals surface area contributed by atoms with E-state index in [0.717, 1.165) is 38.5 Å². The molecule has 0 spiro atoms. The van der Waals surface area contributed by atoms with Crippen molar-refractivity contribution in [1.29, 1.82) is 0 Å². The lowest BCUT2D eigenvalue weighted by Gasteiger charge is -2.28. The van der Waals surface area contributed by atoms with Crippen molar-refractivity contribution in [3.05, 3.63) is 24.3 Å². The van der Waals surface area contributed by atoms with Gasteiger partial charge in [-0.05, 0) is 44.9 Å². The third-order valence-corrected chi connectivity index (χ3v) is 11.2. The smallest absolute Gasteiger partial charge is 0.306 e. The number of hydrogen-bond donors (Lipinski definition) is 0. The first-order chi connectivity index (χ1) is 27.1. The van der Waals surface area contributed by atoms with E-state index >= 15 is 0 Å². The topological polar surface area (TPSA) is 94.1 Å². The highest BCUT2D eigenvalue weighted by Gasteiger charge is 2.20. The number of hydrogen-bond acceptors (Lipinski definition) is 7. The summed E-state index contributed by atoms with van der Waals surface area (Å²) in [5.41, 5.74) is 0. The fraction of sp³-hybridized carbons (Fsp3) is 0.894. The van der Waals surface area contributed by atoms with Crippen molar-refractivity contribution in [2.24, 2.45) is 0 Å². The molecule has 9 heteroatoms. The summed E-state index contributed by atoms with van der Waals surface area (Å²) in [6.07, 6.45) is 46.3. The Morgan fingerprint density at radius 3 is 1.45 bits per heavy atom. The van der Waals surface area contributed by atoms with Gasteiger partial charge in [-0.15, -0.1) is 0 Å². The predicted molar refractivity (Wildman–Crippen MR) is 236 cm³/mol. The number of carbonyl (C=O) groups excluding carboxylic acids is 1. The SMILES string of the molecule is CCCCCCC/C=C\C/C=C\CCCCCCCCCCCCCCCC(=O)OC(COCCCCCCCCCCC)COP(=O)([O-])OCC[N+](C)(C)C. The van der Waals surface area contributed by atoms with Gasteiger partial charge in [-0.1, -0.05) is 186 Å². The second kappa shape index (κ2) is 40.7. The number of phosphoric acid groups is 1. The van der Waals surface area contributed by atoms with Crippen LogP contribution < -0.4 is 4.89 Å². The molecule has 332 valence electrons. The summed E-state index contributed by atoms with van der Waals surface area (Å²) in [7, 11) is 1.36. The zero-order valence-electron chi connectivity index (χ0n) is 37.6. The number of phosphoric ester groups is 1. The van der Waals surface area contributed by atoms with Gasteiger partial charge in [0, 0.05) is 13.0 Å². The number of unbranched alkanes of at least 4 members (excludes halogenated alkanes) is 26. The molecule has 0 aromatic carbocycles. The van der Waals surface area contributed by atoms with Crippen LogP contribution in [0.3, 0.4) is 0 Å². The molecule has 0 N–H and O–H groups in total. The maximum atomic E-state index is 12.7. The number of allylic oxidation sites excluding steroid dienone is 4. The van der Waals surface area contributed by atoms with Gasteiger partial charge in [-0.25, -0.2) is 0 Å². The molecule has 2 unspecified atom stereocenters. The van der Waals surface area contributed by atoms with Gasteiger partial charge in [0.25, 0.3) is 7.82 Å². The minimum atomic E-state index is -4.52. The van der Waals surface area contributed by atoms with Crippen molar-refractivity contribution in [2.75, 3.05) is 54.1 Å². The van der Waals surface area contributed by atoms with Crippen molar-refractivity contribution < 1.29 is 37.3 Å². The highest BCUT2D eigenvalue weighted by Crippen LogP contribution is 2.38. The average Bonchev–Trinajstić information content (AvgIpc) is 3.15. The van der Waals surface area contributed by atoms with Crippen LogP contribution in [-0.2, 0) is 27.9 Å². The molecule has 0 radical (unpaired) electrons. The Morgan fingerprint density at radius 2 is 0.982 bits per heavy atom. The number of rotatable bonds is 44. The van der Waals surface area contributed by atoms with Gasteiger partial charge in [0.1, 0.15) is 19.3 Å². The Labute approximate surface area is 347 Å². The highest BCUT2D eigenvalue weighted by atomic mass is 31.2. The Hall–Kier alpha value is -1.02. The minimum Gasteiger partial charge on any atom is -0.756 e. The molecule has 56 heavy (non-hydrogen) atoms. The Balaban J connectivity index is 4.01. The summed E-state index contributed by atoms with van der Waals surface area (Å²) in [4.78, 5) is 25.0. The number of quaternary nitrogens is 1. The number of esters is 1. The molecule has 0 fully saturated rings. The van der Waals surface area contributed by atoms with Crippen LogP contribution in [0.4, 0.5) is 0 Å². The fourth-order valence-corrected chi connectivity index (χ4v) is 7.31. The van der Waals surface area contributed by atoms with E-state index in [1.54, 1.807) is 0 Å². The van der Waals surface area contributed by atoms with E-state index < -0.39 is 13.9 Å². The molecular weight excluding hydrogens is 721 g/mol. The molecule has 2 atom stereocenters. The maximum absolute atomic E-state index is 12.7. The fourth-order valence-electron chi connectivity index (χ4n) is 6.58. The number of nitrogens with zero attached hydrogens (tertiary/aromatic N) is 1. The second-order valence-corrected chi connectivity index (χ2v) is 18.5. The van der Waals surface area contributed by atoms with E-state index in [2.05, 4.69) is 38.2 Å². The summed E-state index contributed by atoms with van der Waals surface area (Å²) < 4.78 is 34.5. The molecule has 0 aliphatic rings. The van der Waals surface area contributed by atoms with Crippen LogP contribution in [0, 0.1) is 0 Å².